The summed E-state index contributed by atoms with van der Waals surface area (Å²) in [6.45, 7) is 0. The SMILES string of the molecule is O=[C-]Cl.O=[N+]([O-])C1=CC[CH-]C=C1.[U+2]. The van der Waals surface area contributed by atoms with Gasteiger partial charge in [0, 0.05) is 4.92 Å². The third kappa shape index (κ3) is 8.10. The molecule has 0 atom stereocenters. The predicted octanol–water partition coefficient (Wildman–Crippen LogP) is 1.60. The largest absolute Gasteiger partial charge is 2.00 e. The number of nitrogens with zero attached hydrogens (tertiary/aromatic N) is 1. The maximum Gasteiger partial charge on any atom is 2.00 e. The van der Waals surface area contributed by atoms with E-state index in [2.05, 4.69) is 11.6 Å². The van der Waals surface area contributed by atoms with Crippen LogP contribution in [0.1, 0.15) is 6.42 Å². The van der Waals surface area contributed by atoms with Crippen LogP contribution in [0.4, 0.5) is 0 Å². The van der Waals surface area contributed by atoms with E-state index in [0.717, 1.165) is 5.75 Å². The molecule has 0 saturated heterocycles. The number of nitro groups is 1. The Labute approximate surface area is 105 Å². The summed E-state index contributed by atoms with van der Waals surface area (Å²) in [4.78, 5) is 18.1. The summed E-state index contributed by atoms with van der Waals surface area (Å²) in [6.07, 6.45) is 7.31. The fourth-order valence-corrected chi connectivity index (χ4v) is 0.637. The van der Waals surface area contributed by atoms with Crippen molar-refractivity contribution < 1.29 is 40.8 Å². The molecule has 6 heteroatoms. The Kier molecular flexibility index (Phi) is 11.5. The fraction of sp³-hybridized carbons (Fsp3) is 0.143. The summed E-state index contributed by atoms with van der Waals surface area (Å²) in [7, 11) is 0. The van der Waals surface area contributed by atoms with Gasteiger partial charge in [-0.2, -0.15) is 5.75 Å². The first-order valence-corrected chi connectivity index (χ1v) is 3.42. The molecule has 0 aliphatic heterocycles. The third-order valence-electron chi connectivity index (χ3n) is 1.08. The van der Waals surface area contributed by atoms with Crippen molar-refractivity contribution in [1.82, 2.24) is 0 Å². The topological polar surface area (TPSA) is 60.2 Å². The van der Waals surface area contributed by atoms with Gasteiger partial charge in [0.25, 0.3) is 0 Å². The molecule has 1 rings (SSSR count). The number of halogens is 1. The Hall–Kier alpha value is -0.238. The Morgan fingerprint density at radius 3 is 2.46 bits per heavy atom. The van der Waals surface area contributed by atoms with Crippen LogP contribution in [0.15, 0.2) is 23.9 Å². The molecule has 0 saturated carbocycles. The Bertz CT molecular complexity index is 228. The van der Waals surface area contributed by atoms with E-state index < -0.39 is 0 Å². The zero-order valence-corrected chi connectivity index (χ0v) is 11.5. The second kappa shape index (κ2) is 9.85. The van der Waals surface area contributed by atoms with Crippen LogP contribution >= 0.6 is 11.6 Å². The number of allylic oxidation sites excluding steroid dienone is 3. The molecular weight excluding hydrogens is 420 g/mol. The van der Waals surface area contributed by atoms with Gasteiger partial charge in [-0.25, -0.2) is 12.5 Å². The standard InChI is InChI=1S/C6H6NO2.CClO.U/c8-7(9)6-4-2-1-3-5-6;2-1-3;/h1-2,4-5H,3H2;;/q2*-1;+2. The molecule has 4 nitrogen and oxygen atoms in total. The van der Waals surface area contributed by atoms with Crippen LogP contribution in [0.3, 0.4) is 0 Å². The van der Waals surface area contributed by atoms with Crippen molar-refractivity contribution in [2.75, 3.05) is 0 Å². The molecule has 1 aliphatic carbocycles. The number of hydrogen-bond donors (Lipinski definition) is 0. The minimum absolute atomic E-state index is 0. The molecule has 0 radical (unpaired) electrons. The minimum Gasteiger partial charge on any atom is -0.525 e. The van der Waals surface area contributed by atoms with Crippen LogP contribution in [0.5, 0.6) is 0 Å². The van der Waals surface area contributed by atoms with E-state index in [1.54, 1.807) is 12.2 Å². The maximum absolute atomic E-state index is 10.0. The van der Waals surface area contributed by atoms with Gasteiger partial charge >= 0.3 is 31.1 Å². The van der Waals surface area contributed by atoms with E-state index in [-0.39, 0.29) is 41.7 Å². The molecule has 0 heterocycles. The van der Waals surface area contributed by atoms with Gasteiger partial charge in [-0.05, 0) is 6.08 Å². The molecule has 0 aromatic carbocycles. The molecule has 0 bridgehead atoms. The van der Waals surface area contributed by atoms with Gasteiger partial charge in [-0.15, -0.1) is 6.08 Å². The fourth-order valence-electron chi connectivity index (χ4n) is 0.637. The molecule has 68 valence electrons. The minimum atomic E-state index is -0.385. The van der Waals surface area contributed by atoms with Crippen LogP contribution in [0, 0.1) is 47.6 Å². The van der Waals surface area contributed by atoms with Gasteiger partial charge in [0.15, 0.2) is 5.70 Å². The van der Waals surface area contributed by atoms with Crippen molar-refractivity contribution >= 4 is 17.3 Å². The van der Waals surface area contributed by atoms with Crippen molar-refractivity contribution in [1.29, 1.82) is 0 Å². The first-order chi connectivity index (χ1) is 5.72. The zero-order chi connectivity index (χ0) is 9.40. The van der Waals surface area contributed by atoms with Crippen LogP contribution in [-0.2, 0) is 4.79 Å². The second-order valence-corrected chi connectivity index (χ2v) is 1.95. The number of carbonyl (C=O) groups excluding carboxylic acids is 1. The van der Waals surface area contributed by atoms with Gasteiger partial charge in [0.2, 0.25) is 0 Å². The predicted molar refractivity (Wildman–Crippen MR) is 44.7 cm³/mol. The molecular formula is C7H6ClNO3U. The molecule has 0 N–H and O–H groups in total. The van der Waals surface area contributed by atoms with E-state index in [9.17, 15) is 10.1 Å². The van der Waals surface area contributed by atoms with Crippen LogP contribution in [0.2, 0.25) is 0 Å². The van der Waals surface area contributed by atoms with Gasteiger partial charge in [0.05, 0.1) is 0 Å². The Balaban J connectivity index is 0. The summed E-state index contributed by atoms with van der Waals surface area (Å²) in [5.41, 5.74) is 0.192. The molecule has 0 spiro atoms. The summed E-state index contributed by atoms with van der Waals surface area (Å²) < 4.78 is 0. The average molecular weight is 426 g/mol. The third-order valence-corrected chi connectivity index (χ3v) is 1.08. The van der Waals surface area contributed by atoms with Crippen LogP contribution in [0.25, 0.3) is 0 Å². The number of hydrogen-bond acceptors (Lipinski definition) is 3. The molecule has 0 amide bonds. The van der Waals surface area contributed by atoms with Crippen molar-refractivity contribution in [3.63, 3.8) is 0 Å². The molecule has 13 heavy (non-hydrogen) atoms. The van der Waals surface area contributed by atoms with Crippen molar-refractivity contribution in [3.8, 4) is 0 Å². The molecule has 0 unspecified atom stereocenters. The smallest absolute Gasteiger partial charge is 0.525 e. The van der Waals surface area contributed by atoms with Gasteiger partial charge in [-0.3, -0.25) is 10.1 Å². The molecule has 1 aliphatic rings. The second-order valence-electron chi connectivity index (χ2n) is 1.79. The van der Waals surface area contributed by atoms with E-state index >= 15 is 0 Å². The molecule has 0 fully saturated rings. The molecule has 0 aromatic heterocycles. The molecule has 0 aromatic rings. The summed E-state index contributed by atoms with van der Waals surface area (Å²) in [5.74, 6) is 0.972. The first-order valence-electron chi connectivity index (χ1n) is 3.04. The van der Waals surface area contributed by atoms with E-state index in [1.807, 2.05) is 6.42 Å². The average Bonchev–Trinajstić information content (AvgIpc) is 2.07. The summed E-state index contributed by atoms with van der Waals surface area (Å²) >= 11 is 4.19. The van der Waals surface area contributed by atoms with E-state index in [4.69, 9.17) is 4.79 Å². The number of rotatable bonds is 1. The zero-order valence-electron chi connectivity index (χ0n) is 6.57. The van der Waals surface area contributed by atoms with Crippen LogP contribution < -0.4 is 0 Å². The normalized spacial score (nSPS) is 12.2. The quantitative estimate of drug-likeness (QED) is 0.278. The monoisotopic (exact) mass is 425 g/mol. The Morgan fingerprint density at radius 1 is 1.69 bits per heavy atom. The van der Waals surface area contributed by atoms with Crippen molar-refractivity contribution in [2.45, 2.75) is 6.42 Å². The van der Waals surface area contributed by atoms with Gasteiger partial charge in [0.1, 0.15) is 0 Å². The maximum atomic E-state index is 10.0. The Morgan fingerprint density at radius 2 is 2.23 bits per heavy atom. The van der Waals surface area contributed by atoms with Crippen LogP contribution in [-0.4, -0.2) is 10.7 Å². The van der Waals surface area contributed by atoms with Gasteiger partial charge < -0.3 is 16.4 Å². The summed E-state index contributed by atoms with van der Waals surface area (Å²) in [6, 6.07) is 0. The first kappa shape index (κ1) is 15.2. The van der Waals surface area contributed by atoms with Gasteiger partial charge in [-0.1, -0.05) is 6.42 Å². The van der Waals surface area contributed by atoms with Crippen molar-refractivity contribution in [3.05, 3.63) is 40.5 Å². The van der Waals surface area contributed by atoms with Crippen molar-refractivity contribution in [2.24, 2.45) is 0 Å². The van der Waals surface area contributed by atoms with E-state index in [0.29, 0.717) is 6.42 Å². The summed E-state index contributed by atoms with van der Waals surface area (Å²) in [5, 5.41) is 10.0. The van der Waals surface area contributed by atoms with E-state index in [1.165, 1.54) is 6.08 Å².